The molecule has 1 amide bonds. The number of nitrogens with zero attached hydrogens (tertiary/aromatic N) is 2. The smallest absolute Gasteiger partial charge is 0.228 e. The normalized spacial score (nSPS) is 10.4. The third-order valence-electron chi connectivity index (χ3n) is 3.20. The summed E-state index contributed by atoms with van der Waals surface area (Å²) in [6, 6.07) is 9.77. The average molecular weight is 287 g/mol. The van der Waals surface area contributed by atoms with Crippen molar-refractivity contribution >= 4 is 11.7 Å². The van der Waals surface area contributed by atoms with E-state index in [1.165, 1.54) is 5.56 Å². The molecule has 21 heavy (non-hydrogen) atoms. The molecule has 0 saturated heterocycles. The highest BCUT2D eigenvalue weighted by atomic mass is 16.5. The zero-order valence-electron chi connectivity index (χ0n) is 12.7. The molecule has 0 spiro atoms. The third-order valence-corrected chi connectivity index (χ3v) is 3.20. The number of carbonyl (C=O) groups is 1. The van der Waals surface area contributed by atoms with Gasteiger partial charge >= 0.3 is 0 Å². The molecule has 2 rings (SSSR count). The Labute approximate surface area is 124 Å². The number of rotatable bonds is 6. The molecule has 0 aliphatic rings. The van der Waals surface area contributed by atoms with Crippen LogP contribution in [0.4, 0.5) is 5.82 Å². The Hall–Kier alpha value is -2.30. The van der Waals surface area contributed by atoms with Crippen LogP contribution in [-0.4, -0.2) is 22.3 Å². The van der Waals surface area contributed by atoms with Crippen molar-refractivity contribution in [2.24, 2.45) is 7.05 Å². The zero-order chi connectivity index (χ0) is 15.2. The van der Waals surface area contributed by atoms with Crippen molar-refractivity contribution in [2.45, 2.75) is 26.7 Å². The fourth-order valence-corrected chi connectivity index (χ4v) is 2.02. The number of hydrogen-bond donors (Lipinski definition) is 1. The van der Waals surface area contributed by atoms with Gasteiger partial charge in [0.15, 0.2) is 0 Å². The van der Waals surface area contributed by atoms with Crippen LogP contribution in [0.15, 0.2) is 30.3 Å². The third kappa shape index (κ3) is 4.34. The molecule has 2 aromatic rings. The minimum Gasteiger partial charge on any atom is -0.493 e. The van der Waals surface area contributed by atoms with Crippen LogP contribution in [0.1, 0.15) is 24.6 Å². The number of carbonyl (C=O) groups excluding carboxylic acids is 1. The first-order valence-corrected chi connectivity index (χ1v) is 7.10. The Kier molecular flexibility index (Phi) is 4.98. The Balaban J connectivity index is 1.77. The average Bonchev–Trinajstić information content (AvgIpc) is 2.77. The van der Waals surface area contributed by atoms with Crippen LogP contribution in [0, 0.1) is 6.92 Å². The zero-order valence-corrected chi connectivity index (χ0v) is 12.7. The lowest BCUT2D eigenvalue weighted by Gasteiger charge is -2.07. The van der Waals surface area contributed by atoms with Crippen LogP contribution < -0.4 is 10.1 Å². The van der Waals surface area contributed by atoms with Gasteiger partial charge < -0.3 is 10.1 Å². The minimum atomic E-state index is -0.0804. The summed E-state index contributed by atoms with van der Waals surface area (Å²) in [7, 11) is 1.80. The lowest BCUT2D eigenvalue weighted by Crippen LogP contribution is -2.17. The van der Waals surface area contributed by atoms with Crippen molar-refractivity contribution in [3.63, 3.8) is 0 Å². The molecule has 0 saturated carbocycles. The molecule has 0 radical (unpaired) electrons. The van der Waals surface area contributed by atoms with Crippen molar-refractivity contribution in [1.29, 1.82) is 0 Å². The first kappa shape index (κ1) is 15.1. The molecule has 5 heteroatoms. The molecule has 1 N–H and O–H groups in total. The Morgan fingerprint density at radius 3 is 2.62 bits per heavy atom. The molecule has 0 atom stereocenters. The SMILES string of the molecule is CCc1ccc(OCCC(=O)Nc2cc(C)nn2C)cc1. The second-order valence-electron chi connectivity index (χ2n) is 4.94. The molecule has 1 aromatic heterocycles. The van der Waals surface area contributed by atoms with E-state index < -0.39 is 0 Å². The predicted molar refractivity (Wildman–Crippen MR) is 82.5 cm³/mol. The molecule has 5 nitrogen and oxygen atoms in total. The van der Waals surface area contributed by atoms with Crippen LogP contribution in [-0.2, 0) is 18.3 Å². The highest BCUT2D eigenvalue weighted by molar-refractivity contribution is 5.89. The number of aryl methyl sites for hydroxylation is 3. The van der Waals surface area contributed by atoms with Crippen LogP contribution in [0.5, 0.6) is 5.75 Å². The fraction of sp³-hybridized carbons (Fsp3) is 0.375. The number of anilines is 1. The Bertz CT molecular complexity index is 602. The molecule has 0 aliphatic carbocycles. The molecule has 1 aromatic carbocycles. The van der Waals surface area contributed by atoms with E-state index in [2.05, 4.69) is 17.3 Å². The molecule has 0 bridgehead atoms. The van der Waals surface area contributed by atoms with Crippen LogP contribution >= 0.6 is 0 Å². The fourth-order valence-electron chi connectivity index (χ4n) is 2.02. The highest BCUT2D eigenvalue weighted by Gasteiger charge is 2.07. The van der Waals surface area contributed by atoms with E-state index in [0.29, 0.717) is 18.8 Å². The summed E-state index contributed by atoms with van der Waals surface area (Å²) < 4.78 is 7.22. The lowest BCUT2D eigenvalue weighted by atomic mass is 10.2. The van der Waals surface area contributed by atoms with Gasteiger partial charge in [0.2, 0.25) is 5.91 Å². The summed E-state index contributed by atoms with van der Waals surface area (Å²) in [6.45, 7) is 4.35. The maximum absolute atomic E-state index is 11.8. The molecule has 112 valence electrons. The van der Waals surface area contributed by atoms with Gasteiger partial charge in [0.1, 0.15) is 11.6 Å². The summed E-state index contributed by atoms with van der Waals surface area (Å²) in [4.78, 5) is 11.8. The summed E-state index contributed by atoms with van der Waals surface area (Å²) in [5.74, 6) is 1.41. The molecular formula is C16H21N3O2. The molecular weight excluding hydrogens is 266 g/mol. The van der Waals surface area contributed by atoms with Gasteiger partial charge in [0.05, 0.1) is 18.7 Å². The number of ether oxygens (including phenoxy) is 1. The number of benzene rings is 1. The first-order valence-electron chi connectivity index (χ1n) is 7.10. The predicted octanol–water partition coefficient (Wildman–Crippen LogP) is 2.70. The standard InChI is InChI=1S/C16H21N3O2/c1-4-13-5-7-14(8-6-13)21-10-9-16(20)17-15-11-12(2)18-19(15)3/h5-8,11H,4,9-10H2,1-3H3,(H,17,20). The van der Waals surface area contributed by atoms with Crippen molar-refractivity contribution in [2.75, 3.05) is 11.9 Å². The van der Waals surface area contributed by atoms with Gasteiger partial charge in [0, 0.05) is 13.1 Å². The molecule has 0 unspecified atom stereocenters. The van der Waals surface area contributed by atoms with Crippen molar-refractivity contribution in [1.82, 2.24) is 9.78 Å². The van der Waals surface area contributed by atoms with Crippen LogP contribution in [0.3, 0.4) is 0 Å². The van der Waals surface area contributed by atoms with E-state index in [4.69, 9.17) is 4.74 Å². The topological polar surface area (TPSA) is 56.1 Å². The number of amides is 1. The summed E-state index contributed by atoms with van der Waals surface area (Å²) in [5.41, 5.74) is 2.15. The molecule has 0 fully saturated rings. The van der Waals surface area contributed by atoms with Crippen molar-refractivity contribution in [3.8, 4) is 5.75 Å². The van der Waals surface area contributed by atoms with E-state index in [-0.39, 0.29) is 5.91 Å². The van der Waals surface area contributed by atoms with Gasteiger partial charge in [-0.25, -0.2) is 0 Å². The largest absolute Gasteiger partial charge is 0.493 e. The first-order chi connectivity index (χ1) is 10.1. The maximum Gasteiger partial charge on any atom is 0.228 e. The second-order valence-corrected chi connectivity index (χ2v) is 4.94. The highest BCUT2D eigenvalue weighted by Crippen LogP contribution is 2.13. The van der Waals surface area contributed by atoms with E-state index >= 15 is 0 Å². The van der Waals surface area contributed by atoms with Gasteiger partial charge in [-0.2, -0.15) is 5.10 Å². The number of hydrogen-bond acceptors (Lipinski definition) is 3. The number of nitrogens with one attached hydrogen (secondary N) is 1. The van der Waals surface area contributed by atoms with Gasteiger partial charge in [0.25, 0.3) is 0 Å². The molecule has 1 heterocycles. The second kappa shape index (κ2) is 6.92. The van der Waals surface area contributed by atoms with E-state index in [9.17, 15) is 4.79 Å². The maximum atomic E-state index is 11.8. The van der Waals surface area contributed by atoms with E-state index in [1.807, 2.05) is 37.3 Å². The Morgan fingerprint density at radius 2 is 2.05 bits per heavy atom. The quantitative estimate of drug-likeness (QED) is 0.888. The number of aromatic nitrogens is 2. The monoisotopic (exact) mass is 287 g/mol. The van der Waals surface area contributed by atoms with E-state index in [1.54, 1.807) is 11.7 Å². The molecule has 0 aliphatic heterocycles. The summed E-state index contributed by atoms with van der Waals surface area (Å²) >= 11 is 0. The lowest BCUT2D eigenvalue weighted by molar-refractivity contribution is -0.116. The van der Waals surface area contributed by atoms with Crippen LogP contribution in [0.2, 0.25) is 0 Å². The van der Waals surface area contributed by atoms with Gasteiger partial charge in [-0.05, 0) is 31.0 Å². The van der Waals surface area contributed by atoms with Crippen molar-refractivity contribution < 1.29 is 9.53 Å². The van der Waals surface area contributed by atoms with Crippen LogP contribution in [0.25, 0.3) is 0 Å². The van der Waals surface area contributed by atoms with Crippen molar-refractivity contribution in [3.05, 3.63) is 41.6 Å². The Morgan fingerprint density at radius 1 is 1.33 bits per heavy atom. The van der Waals surface area contributed by atoms with E-state index in [0.717, 1.165) is 17.9 Å². The summed E-state index contributed by atoms with van der Waals surface area (Å²) in [6.07, 6.45) is 1.31. The summed E-state index contributed by atoms with van der Waals surface area (Å²) in [5, 5.41) is 7.00. The van der Waals surface area contributed by atoms with Gasteiger partial charge in [-0.3, -0.25) is 9.48 Å². The van der Waals surface area contributed by atoms with Gasteiger partial charge in [-0.1, -0.05) is 19.1 Å². The van der Waals surface area contributed by atoms with Gasteiger partial charge in [-0.15, -0.1) is 0 Å². The minimum absolute atomic E-state index is 0.0804.